The summed E-state index contributed by atoms with van der Waals surface area (Å²) in [5.41, 5.74) is 0. The maximum absolute atomic E-state index is 5.28. The molecule has 0 aromatic rings. The van der Waals surface area contributed by atoms with Gasteiger partial charge >= 0.3 is 0 Å². The van der Waals surface area contributed by atoms with Gasteiger partial charge in [-0.15, -0.1) is 0 Å². The number of ether oxygens (including phenoxy) is 1. The lowest BCUT2D eigenvalue weighted by Crippen LogP contribution is -2.22. The van der Waals surface area contributed by atoms with Gasteiger partial charge in [0.05, 0.1) is 13.2 Å². The summed E-state index contributed by atoms with van der Waals surface area (Å²) < 4.78 is 5.28. The van der Waals surface area contributed by atoms with Gasteiger partial charge in [-0.3, -0.25) is 0 Å². The molecule has 11 heavy (non-hydrogen) atoms. The van der Waals surface area contributed by atoms with Crippen LogP contribution >= 0.6 is 0 Å². The zero-order valence-corrected chi connectivity index (χ0v) is 6.81. The molecule has 0 bridgehead atoms. The summed E-state index contributed by atoms with van der Waals surface area (Å²) >= 11 is 0. The zero-order chi connectivity index (χ0) is 7.78. The lowest BCUT2D eigenvalue weighted by Gasteiger charge is -2.02. The predicted molar refractivity (Wildman–Crippen MR) is 45.4 cm³/mol. The SMILES string of the molecule is C1=CNCCCNCCOC1. The van der Waals surface area contributed by atoms with Gasteiger partial charge in [-0.05, 0) is 25.2 Å². The highest BCUT2D eigenvalue weighted by molar-refractivity contribution is 4.79. The van der Waals surface area contributed by atoms with E-state index in [-0.39, 0.29) is 0 Å². The maximum Gasteiger partial charge on any atom is 0.0664 e. The Morgan fingerprint density at radius 3 is 3.18 bits per heavy atom. The van der Waals surface area contributed by atoms with Crippen LogP contribution in [0.15, 0.2) is 12.3 Å². The maximum atomic E-state index is 5.28. The molecule has 0 unspecified atom stereocenters. The molecule has 0 aromatic heterocycles. The van der Waals surface area contributed by atoms with Crippen LogP contribution in [0.3, 0.4) is 0 Å². The van der Waals surface area contributed by atoms with Crippen LogP contribution in [0.1, 0.15) is 6.42 Å². The second kappa shape index (κ2) is 6.19. The molecule has 0 aliphatic carbocycles. The first-order chi connectivity index (χ1) is 5.50. The minimum atomic E-state index is 0.717. The van der Waals surface area contributed by atoms with Gasteiger partial charge in [-0.25, -0.2) is 0 Å². The quantitative estimate of drug-likeness (QED) is 0.522. The molecule has 64 valence electrons. The Hall–Kier alpha value is -0.540. The standard InChI is InChI=1S/C8H16N2O/c1-3-9-5-2-7-11-8-6-10-4-1/h2,5,9-10H,1,3-4,6-8H2. The van der Waals surface area contributed by atoms with E-state index in [0.29, 0.717) is 6.61 Å². The van der Waals surface area contributed by atoms with Crippen molar-refractivity contribution in [2.75, 3.05) is 32.8 Å². The summed E-state index contributed by atoms with van der Waals surface area (Å²) in [6, 6.07) is 0. The molecule has 3 nitrogen and oxygen atoms in total. The number of hydrogen-bond donors (Lipinski definition) is 2. The van der Waals surface area contributed by atoms with Gasteiger partial charge in [0, 0.05) is 13.1 Å². The van der Waals surface area contributed by atoms with E-state index in [2.05, 4.69) is 10.6 Å². The van der Waals surface area contributed by atoms with Gasteiger partial charge in [0.1, 0.15) is 0 Å². The van der Waals surface area contributed by atoms with E-state index in [0.717, 1.165) is 26.2 Å². The molecule has 1 heterocycles. The molecule has 1 aliphatic rings. The highest BCUT2D eigenvalue weighted by Crippen LogP contribution is 1.80. The summed E-state index contributed by atoms with van der Waals surface area (Å²) in [6.07, 6.45) is 5.14. The highest BCUT2D eigenvalue weighted by atomic mass is 16.5. The molecule has 0 aromatic carbocycles. The lowest BCUT2D eigenvalue weighted by atomic mass is 10.4. The van der Waals surface area contributed by atoms with Gasteiger partial charge < -0.3 is 15.4 Å². The van der Waals surface area contributed by atoms with Gasteiger partial charge in [-0.1, -0.05) is 0 Å². The van der Waals surface area contributed by atoms with Crippen molar-refractivity contribution in [1.29, 1.82) is 0 Å². The van der Waals surface area contributed by atoms with Crippen LogP contribution in [-0.4, -0.2) is 32.8 Å². The summed E-state index contributed by atoms with van der Waals surface area (Å²) in [5, 5.41) is 6.47. The smallest absolute Gasteiger partial charge is 0.0664 e. The van der Waals surface area contributed by atoms with Crippen LogP contribution in [-0.2, 0) is 4.74 Å². The van der Waals surface area contributed by atoms with E-state index in [9.17, 15) is 0 Å². The van der Waals surface area contributed by atoms with Crippen molar-refractivity contribution in [2.24, 2.45) is 0 Å². The van der Waals surface area contributed by atoms with E-state index >= 15 is 0 Å². The Morgan fingerprint density at radius 2 is 2.18 bits per heavy atom. The fourth-order valence-electron chi connectivity index (χ4n) is 0.951. The van der Waals surface area contributed by atoms with Crippen molar-refractivity contribution >= 4 is 0 Å². The van der Waals surface area contributed by atoms with Crippen LogP contribution < -0.4 is 10.6 Å². The van der Waals surface area contributed by atoms with Crippen molar-refractivity contribution in [3.63, 3.8) is 0 Å². The molecule has 1 rings (SSSR count). The van der Waals surface area contributed by atoms with Crippen LogP contribution in [0.4, 0.5) is 0 Å². The first-order valence-corrected chi connectivity index (χ1v) is 4.17. The molecule has 0 spiro atoms. The zero-order valence-electron chi connectivity index (χ0n) is 6.81. The van der Waals surface area contributed by atoms with Gasteiger partial charge in [0.2, 0.25) is 0 Å². The van der Waals surface area contributed by atoms with Gasteiger partial charge in [0.15, 0.2) is 0 Å². The minimum Gasteiger partial charge on any atom is -0.391 e. The van der Waals surface area contributed by atoms with Gasteiger partial charge in [-0.2, -0.15) is 0 Å². The number of nitrogens with one attached hydrogen (secondary N) is 2. The largest absolute Gasteiger partial charge is 0.391 e. The molecule has 2 N–H and O–H groups in total. The highest BCUT2D eigenvalue weighted by Gasteiger charge is 1.89. The van der Waals surface area contributed by atoms with Crippen LogP contribution in [0.25, 0.3) is 0 Å². The first-order valence-electron chi connectivity index (χ1n) is 4.17. The molecule has 1 aliphatic heterocycles. The number of rotatable bonds is 0. The summed E-state index contributed by atoms with van der Waals surface area (Å²) in [6.45, 7) is 4.61. The van der Waals surface area contributed by atoms with E-state index < -0.39 is 0 Å². The third-order valence-electron chi connectivity index (χ3n) is 1.55. The Labute approximate surface area is 67.8 Å². The van der Waals surface area contributed by atoms with Crippen molar-refractivity contribution in [3.05, 3.63) is 12.3 Å². The van der Waals surface area contributed by atoms with E-state index in [1.165, 1.54) is 6.42 Å². The lowest BCUT2D eigenvalue weighted by molar-refractivity contribution is 0.164. The second-order valence-corrected chi connectivity index (χ2v) is 2.53. The van der Waals surface area contributed by atoms with E-state index in [1.807, 2.05) is 12.3 Å². The van der Waals surface area contributed by atoms with Crippen molar-refractivity contribution in [3.8, 4) is 0 Å². The third kappa shape index (κ3) is 4.81. The monoisotopic (exact) mass is 156 g/mol. The molecule has 0 amide bonds. The summed E-state index contributed by atoms with van der Waals surface area (Å²) in [4.78, 5) is 0. The minimum absolute atomic E-state index is 0.717. The van der Waals surface area contributed by atoms with E-state index in [1.54, 1.807) is 0 Å². The summed E-state index contributed by atoms with van der Waals surface area (Å²) in [7, 11) is 0. The number of hydrogen-bond acceptors (Lipinski definition) is 3. The van der Waals surface area contributed by atoms with Crippen LogP contribution in [0.5, 0.6) is 0 Å². The molecule has 0 atom stereocenters. The van der Waals surface area contributed by atoms with Crippen LogP contribution in [0.2, 0.25) is 0 Å². The topological polar surface area (TPSA) is 33.3 Å². The predicted octanol–water partition coefficient (Wildman–Crippen LogP) is 0.0996. The average molecular weight is 156 g/mol. The Balaban J connectivity index is 2.11. The molecule has 0 saturated heterocycles. The molecule has 0 fully saturated rings. The first kappa shape index (κ1) is 8.56. The second-order valence-electron chi connectivity index (χ2n) is 2.53. The molecular formula is C8H16N2O. The average Bonchev–Trinajstić information content (AvgIpc) is 2.08. The molecule has 0 saturated carbocycles. The van der Waals surface area contributed by atoms with Crippen molar-refractivity contribution in [2.45, 2.75) is 6.42 Å². The summed E-state index contributed by atoms with van der Waals surface area (Å²) in [5.74, 6) is 0. The van der Waals surface area contributed by atoms with Crippen molar-refractivity contribution in [1.82, 2.24) is 10.6 Å². The fourth-order valence-corrected chi connectivity index (χ4v) is 0.951. The Bertz CT molecular complexity index is 103. The normalized spacial score (nSPS) is 21.8. The third-order valence-corrected chi connectivity index (χ3v) is 1.55. The Morgan fingerprint density at radius 1 is 1.18 bits per heavy atom. The Kier molecular flexibility index (Phi) is 4.81. The van der Waals surface area contributed by atoms with E-state index in [4.69, 9.17) is 4.74 Å². The van der Waals surface area contributed by atoms with Crippen LogP contribution in [0, 0.1) is 0 Å². The molecule has 0 radical (unpaired) electrons. The fraction of sp³-hybridized carbons (Fsp3) is 0.750. The molecule has 3 heteroatoms. The molecular weight excluding hydrogens is 140 g/mol. The van der Waals surface area contributed by atoms with Crippen molar-refractivity contribution < 1.29 is 4.74 Å². The van der Waals surface area contributed by atoms with Gasteiger partial charge in [0.25, 0.3) is 0 Å².